The Morgan fingerprint density at radius 3 is 2.72 bits per heavy atom. The summed E-state index contributed by atoms with van der Waals surface area (Å²) in [6, 6.07) is 12.3. The van der Waals surface area contributed by atoms with E-state index in [9.17, 15) is 13.2 Å². The van der Waals surface area contributed by atoms with E-state index in [1.54, 1.807) is 17.8 Å². The summed E-state index contributed by atoms with van der Waals surface area (Å²) < 4.78 is 32.5. The lowest BCUT2D eigenvalue weighted by Gasteiger charge is -2.27. The number of hydrogen-bond donors (Lipinski definition) is 1. The maximum absolute atomic E-state index is 13.0. The zero-order valence-electron chi connectivity index (χ0n) is 15.6. The van der Waals surface area contributed by atoms with Gasteiger partial charge in [-0.05, 0) is 36.2 Å². The van der Waals surface area contributed by atoms with Crippen molar-refractivity contribution in [2.24, 2.45) is 0 Å². The number of nitrogens with zero attached hydrogens (tertiary/aromatic N) is 1. The van der Waals surface area contributed by atoms with Gasteiger partial charge in [0.15, 0.2) is 0 Å². The molecule has 0 spiro atoms. The summed E-state index contributed by atoms with van der Waals surface area (Å²) >= 11 is 7.97. The van der Waals surface area contributed by atoms with E-state index < -0.39 is 10.0 Å². The highest BCUT2D eigenvalue weighted by Gasteiger charge is 2.29. The molecule has 154 valence electrons. The highest BCUT2D eigenvalue weighted by Crippen LogP contribution is 2.36. The summed E-state index contributed by atoms with van der Waals surface area (Å²) in [4.78, 5) is 14.0. The Labute approximate surface area is 179 Å². The molecule has 0 unspecified atom stereocenters. The standard InChI is InChI=1S/C20H21ClN2O4S2/c21-16-6-5-14(13-19(16)29(25,26)23-8-10-27-11-9-23)20(24)22-17-7-12-28-18-4-2-1-3-15(17)18/h1-6,13,17H,7-12H2,(H,22,24)/t17-/m0/s1. The molecular formula is C20H21ClN2O4S2. The Hall–Kier alpha value is -1.58. The smallest absolute Gasteiger partial charge is 0.251 e. The Bertz CT molecular complexity index is 1020. The Morgan fingerprint density at radius 2 is 1.93 bits per heavy atom. The van der Waals surface area contributed by atoms with Crippen LogP contribution >= 0.6 is 23.4 Å². The van der Waals surface area contributed by atoms with Crippen LogP contribution in [0.25, 0.3) is 0 Å². The molecule has 0 saturated carbocycles. The van der Waals surface area contributed by atoms with E-state index >= 15 is 0 Å². The third-order valence-electron chi connectivity index (χ3n) is 5.05. The fourth-order valence-electron chi connectivity index (χ4n) is 3.50. The number of amides is 1. The number of benzene rings is 2. The largest absolute Gasteiger partial charge is 0.379 e. The predicted octanol–water partition coefficient (Wildman–Crippen LogP) is 3.33. The molecule has 0 aromatic heterocycles. The molecule has 29 heavy (non-hydrogen) atoms. The second-order valence-electron chi connectivity index (χ2n) is 6.86. The molecule has 0 bridgehead atoms. The molecule has 2 aliphatic rings. The van der Waals surface area contributed by atoms with Gasteiger partial charge in [-0.15, -0.1) is 11.8 Å². The van der Waals surface area contributed by atoms with Gasteiger partial charge in [0, 0.05) is 29.3 Å². The number of sulfonamides is 1. The van der Waals surface area contributed by atoms with Gasteiger partial charge < -0.3 is 10.1 Å². The normalized spacial score (nSPS) is 20.1. The Morgan fingerprint density at radius 1 is 1.17 bits per heavy atom. The van der Waals surface area contributed by atoms with E-state index in [0.29, 0.717) is 13.2 Å². The van der Waals surface area contributed by atoms with Crippen LogP contribution in [0.3, 0.4) is 0 Å². The molecule has 9 heteroatoms. The first-order valence-corrected chi connectivity index (χ1v) is 12.2. The minimum Gasteiger partial charge on any atom is -0.379 e. The highest BCUT2D eigenvalue weighted by molar-refractivity contribution is 7.99. The summed E-state index contributed by atoms with van der Waals surface area (Å²) in [7, 11) is -3.79. The van der Waals surface area contributed by atoms with E-state index in [-0.39, 0.29) is 40.5 Å². The summed E-state index contributed by atoms with van der Waals surface area (Å²) in [5.74, 6) is 0.603. The zero-order valence-corrected chi connectivity index (χ0v) is 18.0. The number of ether oxygens (including phenoxy) is 1. The van der Waals surface area contributed by atoms with Crippen LogP contribution < -0.4 is 5.32 Å². The van der Waals surface area contributed by atoms with Crippen LogP contribution in [0.15, 0.2) is 52.3 Å². The number of rotatable bonds is 4. The lowest BCUT2D eigenvalue weighted by Crippen LogP contribution is -2.40. The predicted molar refractivity (Wildman–Crippen MR) is 113 cm³/mol. The molecule has 2 aliphatic heterocycles. The summed E-state index contributed by atoms with van der Waals surface area (Å²) in [5, 5.41) is 3.15. The number of morpholine rings is 1. The number of nitrogens with one attached hydrogen (secondary N) is 1. The maximum atomic E-state index is 13.0. The van der Waals surface area contributed by atoms with E-state index in [2.05, 4.69) is 5.32 Å². The van der Waals surface area contributed by atoms with Crippen molar-refractivity contribution in [1.29, 1.82) is 0 Å². The number of halogens is 1. The molecule has 2 aromatic carbocycles. The topological polar surface area (TPSA) is 75.7 Å². The molecule has 0 radical (unpaired) electrons. The van der Waals surface area contributed by atoms with E-state index in [4.69, 9.17) is 16.3 Å². The highest BCUT2D eigenvalue weighted by atomic mass is 35.5. The molecular weight excluding hydrogens is 432 g/mol. The molecule has 1 amide bonds. The number of hydrogen-bond acceptors (Lipinski definition) is 5. The quantitative estimate of drug-likeness (QED) is 0.770. The van der Waals surface area contributed by atoms with Crippen LogP contribution in [0.1, 0.15) is 28.4 Å². The molecule has 6 nitrogen and oxygen atoms in total. The summed E-state index contributed by atoms with van der Waals surface area (Å²) in [5.41, 5.74) is 1.36. The van der Waals surface area contributed by atoms with Crippen molar-refractivity contribution in [3.8, 4) is 0 Å². The fraction of sp³-hybridized carbons (Fsp3) is 0.350. The first-order valence-electron chi connectivity index (χ1n) is 9.37. The van der Waals surface area contributed by atoms with Crippen molar-refractivity contribution in [1.82, 2.24) is 9.62 Å². The Balaban J connectivity index is 1.58. The lowest BCUT2D eigenvalue weighted by molar-refractivity contribution is 0.0730. The molecule has 2 aromatic rings. The third kappa shape index (κ3) is 4.32. The minimum absolute atomic E-state index is 0.0479. The van der Waals surface area contributed by atoms with Gasteiger partial charge >= 0.3 is 0 Å². The number of thioether (sulfide) groups is 1. The number of carbonyl (C=O) groups excluding carboxylic acids is 1. The minimum atomic E-state index is -3.79. The third-order valence-corrected chi connectivity index (χ3v) is 8.55. The van der Waals surface area contributed by atoms with Gasteiger partial charge in [-0.3, -0.25) is 4.79 Å². The first-order chi connectivity index (χ1) is 14.0. The zero-order chi connectivity index (χ0) is 20.4. The molecule has 1 N–H and O–H groups in total. The molecule has 0 aliphatic carbocycles. The number of fused-ring (bicyclic) bond motifs is 1. The monoisotopic (exact) mass is 452 g/mol. The van der Waals surface area contributed by atoms with Gasteiger partial charge in [0.05, 0.1) is 24.3 Å². The van der Waals surface area contributed by atoms with Crippen LogP contribution in [0.4, 0.5) is 0 Å². The van der Waals surface area contributed by atoms with E-state index in [1.807, 2.05) is 24.3 Å². The van der Waals surface area contributed by atoms with Crippen LogP contribution in [-0.4, -0.2) is 50.7 Å². The van der Waals surface area contributed by atoms with Crippen molar-refractivity contribution < 1.29 is 17.9 Å². The van der Waals surface area contributed by atoms with Gasteiger partial charge in [-0.2, -0.15) is 4.31 Å². The van der Waals surface area contributed by atoms with Gasteiger partial charge in [0.1, 0.15) is 4.90 Å². The lowest BCUT2D eigenvalue weighted by atomic mass is 10.0. The second-order valence-corrected chi connectivity index (χ2v) is 10.3. The molecule has 2 heterocycles. The first kappa shape index (κ1) is 20.7. The van der Waals surface area contributed by atoms with E-state index in [0.717, 1.165) is 22.6 Å². The summed E-state index contributed by atoms with van der Waals surface area (Å²) in [6.45, 7) is 1.23. The van der Waals surface area contributed by atoms with Crippen LogP contribution in [-0.2, 0) is 14.8 Å². The molecule has 4 rings (SSSR count). The van der Waals surface area contributed by atoms with Crippen molar-refractivity contribution in [3.63, 3.8) is 0 Å². The van der Waals surface area contributed by atoms with Crippen LogP contribution in [0, 0.1) is 0 Å². The maximum Gasteiger partial charge on any atom is 0.251 e. The van der Waals surface area contributed by atoms with Gasteiger partial charge in [0.2, 0.25) is 10.0 Å². The SMILES string of the molecule is O=C(N[C@H]1CCSc2ccccc21)c1ccc(Cl)c(S(=O)(=O)N2CCOCC2)c1. The van der Waals surface area contributed by atoms with Gasteiger partial charge in [0.25, 0.3) is 5.91 Å². The van der Waals surface area contributed by atoms with Crippen molar-refractivity contribution in [2.45, 2.75) is 22.3 Å². The molecule has 1 saturated heterocycles. The Kier molecular flexibility index (Phi) is 6.17. The van der Waals surface area contributed by atoms with Crippen molar-refractivity contribution in [2.75, 3.05) is 32.1 Å². The fourth-order valence-corrected chi connectivity index (χ4v) is 6.54. The van der Waals surface area contributed by atoms with Crippen molar-refractivity contribution in [3.05, 3.63) is 58.6 Å². The average Bonchev–Trinajstić information content (AvgIpc) is 2.75. The van der Waals surface area contributed by atoms with E-state index in [1.165, 1.54) is 16.4 Å². The average molecular weight is 453 g/mol. The van der Waals surface area contributed by atoms with Crippen LogP contribution in [0.5, 0.6) is 0 Å². The molecule has 1 fully saturated rings. The van der Waals surface area contributed by atoms with Crippen molar-refractivity contribution >= 4 is 39.3 Å². The van der Waals surface area contributed by atoms with Crippen LogP contribution in [0.2, 0.25) is 5.02 Å². The second kappa shape index (κ2) is 8.65. The number of carbonyl (C=O) groups is 1. The molecule has 1 atom stereocenters. The van der Waals surface area contributed by atoms with Gasteiger partial charge in [-0.1, -0.05) is 29.8 Å². The van der Waals surface area contributed by atoms with Gasteiger partial charge in [-0.25, -0.2) is 8.42 Å². The summed E-state index contributed by atoms with van der Waals surface area (Å²) in [6.07, 6.45) is 0.819.